The first kappa shape index (κ1) is 23.6. The molecule has 0 aliphatic carbocycles. The van der Waals surface area contributed by atoms with Gasteiger partial charge in [-0.2, -0.15) is 4.98 Å². The highest BCUT2D eigenvalue weighted by Gasteiger charge is 2.49. The number of fused-ring (bicyclic) bond motifs is 1. The molecule has 1 unspecified atom stereocenters. The Morgan fingerprint density at radius 3 is 2.82 bits per heavy atom. The second kappa shape index (κ2) is 10.2. The van der Waals surface area contributed by atoms with Crippen LogP contribution >= 0.6 is 8.53 Å². The number of anilines is 1. The van der Waals surface area contributed by atoms with Crippen molar-refractivity contribution in [3.63, 3.8) is 0 Å². The van der Waals surface area contributed by atoms with Gasteiger partial charge in [0.2, 0.25) is 5.91 Å². The van der Waals surface area contributed by atoms with Crippen molar-refractivity contribution in [3.8, 4) is 0 Å². The second-order valence-electron chi connectivity index (χ2n) is 9.04. The highest BCUT2D eigenvalue weighted by Crippen LogP contribution is 2.58. The molecule has 4 heterocycles. The third-order valence-corrected chi connectivity index (χ3v) is 8.49. The van der Waals surface area contributed by atoms with Crippen molar-refractivity contribution < 1.29 is 18.6 Å². The van der Waals surface area contributed by atoms with E-state index in [1.54, 1.807) is 12.3 Å². The van der Waals surface area contributed by atoms with E-state index in [2.05, 4.69) is 46.2 Å². The minimum absolute atomic E-state index is 0.127. The van der Waals surface area contributed by atoms with Gasteiger partial charge in [0.15, 0.2) is 0 Å². The Morgan fingerprint density at radius 2 is 2.09 bits per heavy atom. The van der Waals surface area contributed by atoms with Gasteiger partial charge in [0.05, 0.1) is 18.3 Å². The average Bonchev–Trinajstić information content (AvgIpc) is 3.52. The molecule has 1 aromatic carbocycles. The monoisotopic (exact) mass is 486 g/mol. The van der Waals surface area contributed by atoms with Gasteiger partial charge in [-0.3, -0.25) is 9.36 Å². The lowest BCUT2D eigenvalue weighted by atomic mass is 10.0. The van der Waals surface area contributed by atoms with Gasteiger partial charge < -0.3 is 19.1 Å². The molecule has 6 atom stereocenters. The molecule has 0 bridgehead atoms. The molecule has 0 saturated carbocycles. The van der Waals surface area contributed by atoms with Crippen molar-refractivity contribution in [1.82, 2.24) is 14.2 Å². The number of carbonyl (C=O) groups excluding carboxylic acids is 1. The van der Waals surface area contributed by atoms with Gasteiger partial charge in [-0.25, -0.2) is 9.46 Å². The molecule has 1 N–H and O–H groups in total. The summed E-state index contributed by atoms with van der Waals surface area (Å²) in [6.07, 6.45) is 5.46. The van der Waals surface area contributed by atoms with Crippen LogP contribution < -0.4 is 11.0 Å². The van der Waals surface area contributed by atoms with E-state index >= 15 is 0 Å². The molecule has 34 heavy (non-hydrogen) atoms. The zero-order valence-electron chi connectivity index (χ0n) is 19.5. The fraction of sp³-hybridized carbons (Fsp3) is 0.542. The standard InChI is InChI=1S/C24H31N4O5P/c1-3-19-21(15-23(31-19)27-13-11-22(25-16(2)29)26-24(27)30)33-34-28-12-7-10-18(28)20(32-34)14-17-8-5-4-6-9-17/h4-6,8-9,11,13,18-21,23H,3,7,10,12,14-15H2,1-2H3,(H,25,26,29,30)/t18-,19+,20+,21?,23+,34+/m0/s1. The molecule has 3 saturated heterocycles. The van der Waals surface area contributed by atoms with Crippen molar-refractivity contribution >= 4 is 20.3 Å². The molecule has 1 amide bonds. The van der Waals surface area contributed by atoms with E-state index in [0.29, 0.717) is 12.5 Å². The van der Waals surface area contributed by atoms with Gasteiger partial charge in [0, 0.05) is 38.5 Å². The molecule has 0 radical (unpaired) electrons. The Balaban J connectivity index is 1.27. The maximum atomic E-state index is 12.6. The number of hydrogen-bond acceptors (Lipinski definition) is 7. The molecule has 2 aromatic rings. The lowest BCUT2D eigenvalue weighted by Crippen LogP contribution is -2.30. The number of aromatic nitrogens is 2. The van der Waals surface area contributed by atoms with Gasteiger partial charge in [0.1, 0.15) is 12.0 Å². The van der Waals surface area contributed by atoms with E-state index in [-0.39, 0.29) is 30.0 Å². The number of carbonyl (C=O) groups is 1. The first-order valence-corrected chi connectivity index (χ1v) is 13.1. The van der Waals surface area contributed by atoms with Gasteiger partial charge >= 0.3 is 5.69 Å². The van der Waals surface area contributed by atoms with Gasteiger partial charge in [-0.05, 0) is 30.9 Å². The molecule has 3 fully saturated rings. The third-order valence-electron chi connectivity index (χ3n) is 6.67. The maximum absolute atomic E-state index is 12.6. The maximum Gasteiger partial charge on any atom is 0.351 e. The zero-order valence-corrected chi connectivity index (χ0v) is 20.4. The van der Waals surface area contributed by atoms with Gasteiger partial charge in [0.25, 0.3) is 8.53 Å². The predicted octanol–water partition coefficient (Wildman–Crippen LogP) is 3.62. The van der Waals surface area contributed by atoms with Crippen molar-refractivity contribution in [1.29, 1.82) is 0 Å². The minimum atomic E-state index is -1.17. The van der Waals surface area contributed by atoms with E-state index in [1.807, 2.05) is 6.07 Å². The predicted molar refractivity (Wildman–Crippen MR) is 128 cm³/mol. The molecule has 3 aliphatic rings. The first-order valence-electron chi connectivity index (χ1n) is 12.0. The molecular formula is C24H31N4O5P. The molecule has 0 spiro atoms. The number of hydrogen-bond donors (Lipinski definition) is 1. The smallest absolute Gasteiger partial charge is 0.351 e. The summed E-state index contributed by atoms with van der Waals surface area (Å²) in [5, 5.41) is 2.53. The number of benzene rings is 1. The van der Waals surface area contributed by atoms with E-state index in [1.165, 1.54) is 17.1 Å². The normalized spacial score (nSPS) is 31.0. The molecule has 9 nitrogen and oxygen atoms in total. The number of amides is 1. The number of nitrogens with one attached hydrogen (secondary N) is 1. The van der Waals surface area contributed by atoms with Gasteiger partial charge in [-0.15, -0.1) is 0 Å². The van der Waals surface area contributed by atoms with E-state index in [0.717, 1.165) is 32.2 Å². The molecule has 10 heteroatoms. The summed E-state index contributed by atoms with van der Waals surface area (Å²) in [7, 11) is -1.17. The SMILES string of the molecule is CC[C@H]1O[C@@H](n2ccc(NC(C)=O)nc2=O)CC1O[P@@]1O[C@H](Cc2ccccc2)[C@@H]2CCCN21. The summed E-state index contributed by atoms with van der Waals surface area (Å²) in [5.74, 6) is -0.0372. The molecule has 3 aliphatic heterocycles. The van der Waals surface area contributed by atoms with E-state index < -0.39 is 20.4 Å². The third kappa shape index (κ3) is 4.95. The second-order valence-corrected chi connectivity index (χ2v) is 10.5. The van der Waals surface area contributed by atoms with Crippen LogP contribution in [-0.4, -0.2) is 51.0 Å². The Labute approximate surface area is 200 Å². The Kier molecular flexibility index (Phi) is 7.09. The number of rotatable bonds is 7. The van der Waals surface area contributed by atoms with Crippen LogP contribution in [0.25, 0.3) is 0 Å². The Bertz CT molecular complexity index is 1070. The fourth-order valence-electron chi connectivity index (χ4n) is 5.05. The summed E-state index contributed by atoms with van der Waals surface area (Å²) in [5.41, 5.74) is 0.818. The molecule has 5 rings (SSSR count). The number of ether oxygens (including phenoxy) is 1. The van der Waals surface area contributed by atoms with Crippen molar-refractivity contribution in [2.45, 2.75) is 76.5 Å². The average molecular weight is 487 g/mol. The summed E-state index contributed by atoms with van der Waals surface area (Å²) >= 11 is 0. The lowest BCUT2D eigenvalue weighted by Gasteiger charge is -2.25. The molecule has 182 valence electrons. The van der Waals surface area contributed by atoms with Crippen LogP contribution in [0.1, 0.15) is 51.3 Å². The lowest BCUT2D eigenvalue weighted by molar-refractivity contribution is -0.114. The first-order chi connectivity index (χ1) is 16.5. The van der Waals surface area contributed by atoms with Crippen LogP contribution in [-0.2, 0) is 25.0 Å². The fourth-order valence-corrected chi connectivity index (χ4v) is 7.06. The summed E-state index contributed by atoms with van der Waals surface area (Å²) in [4.78, 5) is 27.8. The van der Waals surface area contributed by atoms with Crippen LogP contribution in [0.3, 0.4) is 0 Å². The zero-order chi connectivity index (χ0) is 23.7. The van der Waals surface area contributed by atoms with E-state index in [9.17, 15) is 9.59 Å². The topological polar surface area (TPSA) is 94.9 Å². The van der Waals surface area contributed by atoms with Crippen molar-refractivity contribution in [2.75, 3.05) is 11.9 Å². The van der Waals surface area contributed by atoms with Crippen molar-refractivity contribution in [2.24, 2.45) is 0 Å². The quantitative estimate of drug-likeness (QED) is 0.598. The van der Waals surface area contributed by atoms with Crippen LogP contribution in [0.5, 0.6) is 0 Å². The summed E-state index contributed by atoms with van der Waals surface area (Å²) in [6, 6.07) is 12.5. The highest BCUT2D eigenvalue weighted by molar-refractivity contribution is 7.45. The van der Waals surface area contributed by atoms with Gasteiger partial charge in [-0.1, -0.05) is 37.3 Å². The van der Waals surface area contributed by atoms with E-state index in [4.69, 9.17) is 13.8 Å². The molecule has 1 aromatic heterocycles. The van der Waals surface area contributed by atoms with Crippen LogP contribution in [0.15, 0.2) is 47.4 Å². The summed E-state index contributed by atoms with van der Waals surface area (Å²) < 4.78 is 23.1. The van der Waals surface area contributed by atoms with Crippen LogP contribution in [0.4, 0.5) is 5.82 Å². The van der Waals surface area contributed by atoms with Crippen LogP contribution in [0.2, 0.25) is 0 Å². The van der Waals surface area contributed by atoms with Crippen LogP contribution in [0, 0.1) is 0 Å². The largest absolute Gasteiger partial charge is 0.352 e. The Hall–Kier alpha value is -2.16. The highest BCUT2D eigenvalue weighted by atomic mass is 31.2. The minimum Gasteiger partial charge on any atom is -0.352 e. The van der Waals surface area contributed by atoms with Crippen molar-refractivity contribution in [3.05, 3.63) is 58.6 Å². The Morgan fingerprint density at radius 1 is 1.26 bits per heavy atom. The molecular weight excluding hydrogens is 455 g/mol. The number of nitrogens with zero attached hydrogens (tertiary/aromatic N) is 3. The summed E-state index contributed by atoms with van der Waals surface area (Å²) in [6.45, 7) is 4.43.